The van der Waals surface area contributed by atoms with E-state index < -0.39 is 0 Å². The Hall–Kier alpha value is -0.870. The van der Waals surface area contributed by atoms with Gasteiger partial charge in [0.25, 0.3) is 0 Å². The summed E-state index contributed by atoms with van der Waals surface area (Å²) in [6, 6.07) is 0.283. The number of hydrogen-bond donors (Lipinski definition) is 2. The second kappa shape index (κ2) is 6.66. The molecule has 0 saturated heterocycles. The Balaban J connectivity index is 1.98. The van der Waals surface area contributed by atoms with Crippen molar-refractivity contribution in [2.24, 2.45) is 0 Å². The maximum absolute atomic E-state index is 11.5. The molecule has 1 amide bonds. The standard InChI is InChI=1S/C12H22N2O2/c1-9(2)8-16-7-6-13-10(3)12(15)14-11-4-5-11/h10-11,13H,1,4-8H2,2-3H3,(H,14,15). The zero-order chi connectivity index (χ0) is 12.0. The van der Waals surface area contributed by atoms with Gasteiger partial charge in [-0.25, -0.2) is 0 Å². The van der Waals surface area contributed by atoms with Crippen LogP contribution in [0.3, 0.4) is 0 Å². The summed E-state index contributed by atoms with van der Waals surface area (Å²) in [5.74, 6) is 0.0856. The lowest BCUT2D eigenvalue weighted by Gasteiger charge is -2.13. The Morgan fingerprint density at radius 3 is 2.81 bits per heavy atom. The summed E-state index contributed by atoms with van der Waals surface area (Å²) < 4.78 is 5.32. The average Bonchev–Trinajstić information content (AvgIpc) is 3.00. The van der Waals surface area contributed by atoms with Gasteiger partial charge in [-0.2, -0.15) is 0 Å². The monoisotopic (exact) mass is 226 g/mol. The van der Waals surface area contributed by atoms with Crippen LogP contribution in [0.1, 0.15) is 26.7 Å². The minimum absolute atomic E-state index is 0.0856. The normalized spacial score (nSPS) is 16.9. The highest BCUT2D eigenvalue weighted by atomic mass is 16.5. The molecule has 0 bridgehead atoms. The third kappa shape index (κ3) is 5.88. The van der Waals surface area contributed by atoms with Crippen molar-refractivity contribution in [1.82, 2.24) is 10.6 Å². The molecular weight excluding hydrogens is 204 g/mol. The third-order valence-corrected chi connectivity index (χ3v) is 2.36. The fourth-order valence-corrected chi connectivity index (χ4v) is 1.24. The first-order valence-electron chi connectivity index (χ1n) is 5.85. The molecule has 1 fully saturated rings. The number of carbonyl (C=O) groups excluding carboxylic acids is 1. The van der Waals surface area contributed by atoms with Crippen molar-refractivity contribution in [3.8, 4) is 0 Å². The Labute approximate surface area is 97.4 Å². The van der Waals surface area contributed by atoms with Gasteiger partial charge in [0.2, 0.25) is 5.91 Å². The van der Waals surface area contributed by atoms with Crippen molar-refractivity contribution in [2.75, 3.05) is 19.8 Å². The summed E-state index contributed by atoms with van der Waals surface area (Å²) in [4.78, 5) is 11.5. The number of nitrogens with one attached hydrogen (secondary N) is 2. The molecular formula is C12H22N2O2. The highest BCUT2D eigenvalue weighted by Crippen LogP contribution is 2.18. The maximum atomic E-state index is 11.5. The van der Waals surface area contributed by atoms with Crippen LogP contribution in [0.25, 0.3) is 0 Å². The first-order chi connectivity index (χ1) is 7.59. The molecule has 0 aromatic rings. The quantitative estimate of drug-likeness (QED) is 0.476. The molecule has 1 aliphatic carbocycles. The van der Waals surface area contributed by atoms with E-state index in [4.69, 9.17) is 4.74 Å². The lowest BCUT2D eigenvalue weighted by molar-refractivity contribution is -0.122. The molecule has 1 rings (SSSR count). The van der Waals surface area contributed by atoms with Crippen molar-refractivity contribution < 1.29 is 9.53 Å². The van der Waals surface area contributed by atoms with E-state index in [1.54, 1.807) is 0 Å². The van der Waals surface area contributed by atoms with Crippen molar-refractivity contribution in [2.45, 2.75) is 38.8 Å². The van der Waals surface area contributed by atoms with Gasteiger partial charge in [-0.05, 0) is 26.7 Å². The first kappa shape index (κ1) is 13.2. The third-order valence-electron chi connectivity index (χ3n) is 2.36. The van der Waals surface area contributed by atoms with E-state index in [0.717, 1.165) is 18.4 Å². The maximum Gasteiger partial charge on any atom is 0.237 e. The smallest absolute Gasteiger partial charge is 0.237 e. The SMILES string of the molecule is C=C(C)COCCNC(C)C(=O)NC1CC1. The zero-order valence-corrected chi connectivity index (χ0v) is 10.2. The van der Waals surface area contributed by atoms with Gasteiger partial charge in [-0.3, -0.25) is 4.79 Å². The van der Waals surface area contributed by atoms with Gasteiger partial charge >= 0.3 is 0 Å². The average molecular weight is 226 g/mol. The largest absolute Gasteiger partial charge is 0.376 e. The predicted molar refractivity (Wildman–Crippen MR) is 64.3 cm³/mol. The molecule has 0 aromatic carbocycles. The second-order valence-electron chi connectivity index (χ2n) is 4.47. The van der Waals surface area contributed by atoms with Gasteiger partial charge in [0.05, 0.1) is 19.3 Å². The minimum atomic E-state index is -0.144. The summed E-state index contributed by atoms with van der Waals surface area (Å²) >= 11 is 0. The summed E-state index contributed by atoms with van der Waals surface area (Å²) in [6.07, 6.45) is 2.25. The molecule has 0 spiro atoms. The molecule has 2 N–H and O–H groups in total. The minimum Gasteiger partial charge on any atom is -0.376 e. The van der Waals surface area contributed by atoms with Gasteiger partial charge in [0.1, 0.15) is 0 Å². The molecule has 4 heteroatoms. The first-order valence-corrected chi connectivity index (χ1v) is 5.85. The number of carbonyl (C=O) groups is 1. The second-order valence-corrected chi connectivity index (χ2v) is 4.47. The van der Waals surface area contributed by atoms with E-state index in [2.05, 4.69) is 17.2 Å². The van der Waals surface area contributed by atoms with E-state index in [1.807, 2.05) is 13.8 Å². The van der Waals surface area contributed by atoms with E-state index >= 15 is 0 Å². The van der Waals surface area contributed by atoms with Crippen molar-refractivity contribution in [3.63, 3.8) is 0 Å². The van der Waals surface area contributed by atoms with Crippen molar-refractivity contribution >= 4 is 5.91 Å². The van der Waals surface area contributed by atoms with Gasteiger partial charge in [0.15, 0.2) is 0 Å². The van der Waals surface area contributed by atoms with Crippen molar-refractivity contribution in [1.29, 1.82) is 0 Å². The zero-order valence-electron chi connectivity index (χ0n) is 10.2. The van der Waals surface area contributed by atoms with Gasteiger partial charge < -0.3 is 15.4 Å². The lowest BCUT2D eigenvalue weighted by Crippen LogP contribution is -2.44. The van der Waals surface area contributed by atoms with Crippen molar-refractivity contribution in [3.05, 3.63) is 12.2 Å². The highest BCUT2D eigenvalue weighted by molar-refractivity contribution is 5.81. The summed E-state index contributed by atoms with van der Waals surface area (Å²) in [5.41, 5.74) is 1.01. The van der Waals surface area contributed by atoms with Crippen LogP contribution in [0.15, 0.2) is 12.2 Å². The Kier molecular flexibility index (Phi) is 5.49. The van der Waals surface area contributed by atoms with E-state index in [-0.39, 0.29) is 11.9 Å². The van der Waals surface area contributed by atoms with Gasteiger partial charge in [-0.1, -0.05) is 12.2 Å². The van der Waals surface area contributed by atoms with Crippen LogP contribution < -0.4 is 10.6 Å². The molecule has 0 aliphatic heterocycles. The van der Waals surface area contributed by atoms with E-state index in [9.17, 15) is 4.79 Å². The number of hydrogen-bond acceptors (Lipinski definition) is 3. The fraction of sp³-hybridized carbons (Fsp3) is 0.750. The fourth-order valence-electron chi connectivity index (χ4n) is 1.24. The van der Waals surface area contributed by atoms with Crippen LogP contribution in [-0.2, 0) is 9.53 Å². The Bertz CT molecular complexity index is 249. The number of amides is 1. The topological polar surface area (TPSA) is 50.4 Å². The molecule has 1 aliphatic rings. The number of ether oxygens (including phenoxy) is 1. The van der Waals surface area contributed by atoms with E-state index in [1.165, 1.54) is 0 Å². The molecule has 1 atom stereocenters. The molecule has 0 aromatic heterocycles. The van der Waals surface area contributed by atoms with Crippen LogP contribution in [-0.4, -0.2) is 37.7 Å². The molecule has 1 unspecified atom stereocenters. The van der Waals surface area contributed by atoms with E-state index in [0.29, 0.717) is 25.8 Å². The summed E-state index contributed by atoms with van der Waals surface area (Å²) in [5, 5.41) is 6.08. The van der Waals surface area contributed by atoms with Gasteiger partial charge in [-0.15, -0.1) is 0 Å². The molecule has 92 valence electrons. The predicted octanol–water partition coefficient (Wildman–Crippen LogP) is 0.836. The van der Waals surface area contributed by atoms with Gasteiger partial charge in [0, 0.05) is 12.6 Å². The lowest BCUT2D eigenvalue weighted by atomic mass is 10.3. The molecule has 0 heterocycles. The highest BCUT2D eigenvalue weighted by Gasteiger charge is 2.25. The number of rotatable bonds is 8. The van der Waals surface area contributed by atoms with Crippen LogP contribution in [0.2, 0.25) is 0 Å². The Morgan fingerprint density at radius 1 is 1.56 bits per heavy atom. The van der Waals surface area contributed by atoms with Crippen LogP contribution in [0, 0.1) is 0 Å². The molecule has 0 radical (unpaired) electrons. The Morgan fingerprint density at radius 2 is 2.25 bits per heavy atom. The molecule has 16 heavy (non-hydrogen) atoms. The van der Waals surface area contributed by atoms with Crippen LogP contribution in [0.5, 0.6) is 0 Å². The summed E-state index contributed by atoms with van der Waals surface area (Å²) in [7, 11) is 0. The van der Waals surface area contributed by atoms with Crippen LogP contribution >= 0.6 is 0 Å². The summed E-state index contributed by atoms with van der Waals surface area (Å²) in [6.45, 7) is 9.43. The van der Waals surface area contributed by atoms with Crippen LogP contribution in [0.4, 0.5) is 0 Å². The molecule has 1 saturated carbocycles. The molecule has 4 nitrogen and oxygen atoms in total.